The van der Waals surface area contributed by atoms with Crippen LogP contribution in [-0.4, -0.2) is 30.6 Å². The van der Waals surface area contributed by atoms with Gasteiger partial charge in [-0.2, -0.15) is 0 Å². The Hall–Kier alpha value is -0.860. The maximum absolute atomic E-state index is 5.76. The van der Waals surface area contributed by atoms with E-state index in [-0.39, 0.29) is 0 Å². The van der Waals surface area contributed by atoms with Crippen molar-refractivity contribution in [3.8, 4) is 0 Å². The lowest BCUT2D eigenvalue weighted by Gasteiger charge is -2.34. The maximum atomic E-state index is 5.76. The summed E-state index contributed by atoms with van der Waals surface area (Å²) in [7, 11) is 0. The molecule has 0 saturated heterocycles. The summed E-state index contributed by atoms with van der Waals surface area (Å²) in [4.78, 5) is 2.62. The fraction of sp³-hybridized carbons (Fsp3) is 0.625. The summed E-state index contributed by atoms with van der Waals surface area (Å²) >= 11 is 0. The van der Waals surface area contributed by atoms with Gasteiger partial charge in [-0.25, -0.2) is 0 Å². The fourth-order valence-electron chi connectivity index (χ4n) is 3.01. The minimum atomic E-state index is 0.783. The summed E-state index contributed by atoms with van der Waals surface area (Å²) in [6.45, 7) is 2.99. The first-order chi connectivity index (χ1) is 8.90. The number of rotatable bonds is 6. The molecule has 0 aliphatic heterocycles. The third-order valence-electron chi connectivity index (χ3n) is 4.04. The average Bonchev–Trinajstić information content (AvgIpc) is 2.45. The summed E-state index contributed by atoms with van der Waals surface area (Å²) in [6, 6.07) is 11.6. The third kappa shape index (κ3) is 4.11. The first-order valence-electron chi connectivity index (χ1n) is 7.38. The van der Waals surface area contributed by atoms with Crippen molar-refractivity contribution in [3.63, 3.8) is 0 Å². The molecule has 0 unspecified atom stereocenters. The summed E-state index contributed by atoms with van der Waals surface area (Å²) in [5.41, 5.74) is 7.20. The topological polar surface area (TPSA) is 29.3 Å². The van der Waals surface area contributed by atoms with Crippen LogP contribution in [-0.2, 0) is 6.42 Å². The molecule has 18 heavy (non-hydrogen) atoms. The average molecular weight is 246 g/mol. The highest BCUT2D eigenvalue weighted by Crippen LogP contribution is 2.22. The second kappa shape index (κ2) is 7.55. The monoisotopic (exact) mass is 246 g/mol. The SMILES string of the molecule is NCCN(CCc1ccccc1)C1CCCCC1. The lowest BCUT2D eigenvalue weighted by molar-refractivity contribution is 0.162. The second-order valence-corrected chi connectivity index (χ2v) is 5.35. The molecule has 2 N–H and O–H groups in total. The highest BCUT2D eigenvalue weighted by atomic mass is 15.2. The molecule has 1 aliphatic rings. The van der Waals surface area contributed by atoms with Crippen LogP contribution in [0, 0.1) is 0 Å². The Kier molecular flexibility index (Phi) is 5.69. The molecule has 2 nitrogen and oxygen atoms in total. The molecule has 0 aromatic heterocycles. The van der Waals surface area contributed by atoms with Crippen molar-refractivity contribution in [2.24, 2.45) is 5.73 Å². The van der Waals surface area contributed by atoms with Gasteiger partial charge in [0.1, 0.15) is 0 Å². The number of benzene rings is 1. The Bertz CT molecular complexity index is 317. The quantitative estimate of drug-likeness (QED) is 0.836. The summed E-state index contributed by atoms with van der Waals surface area (Å²) in [5, 5.41) is 0. The van der Waals surface area contributed by atoms with Crippen LogP contribution in [0.5, 0.6) is 0 Å². The van der Waals surface area contributed by atoms with E-state index in [1.165, 1.54) is 37.7 Å². The minimum absolute atomic E-state index is 0.783. The van der Waals surface area contributed by atoms with Crippen LogP contribution in [0.25, 0.3) is 0 Å². The third-order valence-corrected chi connectivity index (χ3v) is 4.04. The molecule has 1 aromatic rings. The molecule has 1 aliphatic carbocycles. The van der Waals surface area contributed by atoms with E-state index in [1.807, 2.05) is 0 Å². The molecule has 1 fully saturated rings. The zero-order chi connectivity index (χ0) is 12.6. The zero-order valence-electron chi connectivity index (χ0n) is 11.4. The van der Waals surface area contributed by atoms with Crippen LogP contribution in [0.4, 0.5) is 0 Å². The maximum Gasteiger partial charge on any atom is 0.0108 e. The molecular weight excluding hydrogens is 220 g/mol. The summed E-state index contributed by atoms with van der Waals surface area (Å²) in [6.07, 6.45) is 8.11. The molecule has 0 radical (unpaired) electrons. The molecule has 100 valence electrons. The van der Waals surface area contributed by atoms with Crippen molar-refractivity contribution < 1.29 is 0 Å². The van der Waals surface area contributed by atoms with E-state index in [4.69, 9.17) is 5.73 Å². The minimum Gasteiger partial charge on any atom is -0.329 e. The van der Waals surface area contributed by atoms with Crippen LogP contribution in [0.3, 0.4) is 0 Å². The van der Waals surface area contributed by atoms with Crippen molar-refractivity contribution in [1.29, 1.82) is 0 Å². The normalized spacial score (nSPS) is 17.2. The van der Waals surface area contributed by atoms with Gasteiger partial charge in [0, 0.05) is 25.7 Å². The van der Waals surface area contributed by atoms with Gasteiger partial charge in [-0.1, -0.05) is 49.6 Å². The Balaban J connectivity index is 1.85. The molecular formula is C16H26N2. The van der Waals surface area contributed by atoms with Gasteiger partial charge in [-0.05, 0) is 24.8 Å². The largest absolute Gasteiger partial charge is 0.329 e. The van der Waals surface area contributed by atoms with Gasteiger partial charge in [0.15, 0.2) is 0 Å². The molecule has 0 spiro atoms. The van der Waals surface area contributed by atoms with E-state index in [2.05, 4.69) is 35.2 Å². The summed E-state index contributed by atoms with van der Waals surface area (Å²) in [5.74, 6) is 0. The molecule has 0 atom stereocenters. The van der Waals surface area contributed by atoms with Gasteiger partial charge < -0.3 is 5.73 Å². The zero-order valence-corrected chi connectivity index (χ0v) is 11.4. The first-order valence-corrected chi connectivity index (χ1v) is 7.38. The predicted molar refractivity (Wildman–Crippen MR) is 77.6 cm³/mol. The lowest BCUT2D eigenvalue weighted by atomic mass is 9.94. The van der Waals surface area contributed by atoms with Gasteiger partial charge in [0.25, 0.3) is 0 Å². The molecule has 1 saturated carbocycles. The number of hydrogen-bond acceptors (Lipinski definition) is 2. The van der Waals surface area contributed by atoms with Gasteiger partial charge in [-0.3, -0.25) is 4.90 Å². The Morgan fingerprint density at radius 2 is 1.72 bits per heavy atom. The van der Waals surface area contributed by atoms with Crippen LogP contribution < -0.4 is 5.73 Å². The van der Waals surface area contributed by atoms with Crippen molar-refractivity contribution >= 4 is 0 Å². The molecule has 0 bridgehead atoms. The van der Waals surface area contributed by atoms with Crippen molar-refractivity contribution in [3.05, 3.63) is 35.9 Å². The van der Waals surface area contributed by atoms with E-state index < -0.39 is 0 Å². The van der Waals surface area contributed by atoms with Crippen LogP contribution in [0.15, 0.2) is 30.3 Å². The van der Waals surface area contributed by atoms with Crippen LogP contribution in [0.2, 0.25) is 0 Å². The van der Waals surface area contributed by atoms with E-state index in [9.17, 15) is 0 Å². The lowest BCUT2D eigenvalue weighted by Crippen LogP contribution is -2.41. The Morgan fingerprint density at radius 1 is 1.00 bits per heavy atom. The number of nitrogens with two attached hydrogens (primary N) is 1. The predicted octanol–water partition coefficient (Wildman–Crippen LogP) is 2.82. The second-order valence-electron chi connectivity index (χ2n) is 5.35. The standard InChI is InChI=1S/C16H26N2/c17-12-14-18(16-9-5-2-6-10-16)13-11-15-7-3-1-4-8-15/h1,3-4,7-8,16H,2,5-6,9-14,17H2. The smallest absolute Gasteiger partial charge is 0.0108 e. The van der Waals surface area contributed by atoms with E-state index in [1.54, 1.807) is 0 Å². The van der Waals surface area contributed by atoms with Crippen molar-refractivity contribution in [1.82, 2.24) is 4.90 Å². The molecule has 0 amide bonds. The van der Waals surface area contributed by atoms with Gasteiger partial charge in [-0.15, -0.1) is 0 Å². The van der Waals surface area contributed by atoms with Crippen LogP contribution in [0.1, 0.15) is 37.7 Å². The van der Waals surface area contributed by atoms with Gasteiger partial charge in [0.2, 0.25) is 0 Å². The van der Waals surface area contributed by atoms with Crippen molar-refractivity contribution in [2.75, 3.05) is 19.6 Å². The van der Waals surface area contributed by atoms with E-state index in [0.29, 0.717) is 0 Å². The van der Waals surface area contributed by atoms with E-state index in [0.717, 1.165) is 32.1 Å². The molecule has 2 heteroatoms. The molecule has 0 heterocycles. The summed E-state index contributed by atoms with van der Waals surface area (Å²) < 4.78 is 0. The highest BCUT2D eigenvalue weighted by Gasteiger charge is 2.19. The highest BCUT2D eigenvalue weighted by molar-refractivity contribution is 5.14. The van der Waals surface area contributed by atoms with Crippen LogP contribution >= 0.6 is 0 Å². The first kappa shape index (κ1) is 13.6. The van der Waals surface area contributed by atoms with Gasteiger partial charge >= 0.3 is 0 Å². The molecule has 1 aromatic carbocycles. The molecule has 2 rings (SSSR count). The Labute approximate surface area is 111 Å². The van der Waals surface area contributed by atoms with Crippen molar-refractivity contribution in [2.45, 2.75) is 44.6 Å². The number of nitrogens with zero attached hydrogens (tertiary/aromatic N) is 1. The number of hydrogen-bond donors (Lipinski definition) is 1. The Morgan fingerprint density at radius 3 is 2.39 bits per heavy atom. The van der Waals surface area contributed by atoms with E-state index >= 15 is 0 Å². The fourth-order valence-corrected chi connectivity index (χ4v) is 3.01. The van der Waals surface area contributed by atoms with Gasteiger partial charge in [0.05, 0.1) is 0 Å².